The Hall–Kier alpha value is -2.67. The van der Waals surface area contributed by atoms with Crippen LogP contribution in [0.1, 0.15) is 5.56 Å². The zero-order valence-corrected chi connectivity index (χ0v) is 16.8. The minimum Gasteiger partial charge on any atom is -0.288 e. The lowest BCUT2D eigenvalue weighted by Gasteiger charge is -2.02. The molecule has 0 unspecified atom stereocenters. The first-order valence-corrected chi connectivity index (χ1v) is 10.2. The van der Waals surface area contributed by atoms with Crippen LogP contribution in [0.2, 0.25) is 10.0 Å². The molecule has 0 N–H and O–H groups in total. The molecule has 0 fully saturated rings. The molecule has 3 aromatic heterocycles. The average Bonchev–Trinajstić information content (AvgIpc) is 3.40. The Morgan fingerprint density at radius 1 is 0.929 bits per heavy atom. The highest BCUT2D eigenvalue weighted by Crippen LogP contribution is 2.33. The van der Waals surface area contributed by atoms with Gasteiger partial charge in [0, 0.05) is 27.2 Å². The van der Waals surface area contributed by atoms with Gasteiger partial charge in [0.05, 0.1) is 18.4 Å². The van der Waals surface area contributed by atoms with Crippen LogP contribution in [0.25, 0.3) is 27.6 Å². The third-order valence-electron chi connectivity index (χ3n) is 4.42. The van der Waals surface area contributed by atoms with Crippen molar-refractivity contribution >= 4 is 39.5 Å². The Kier molecular flexibility index (Phi) is 4.39. The van der Waals surface area contributed by atoms with Crippen LogP contribution in [0, 0.1) is 0 Å². The summed E-state index contributed by atoms with van der Waals surface area (Å²) in [6.07, 6.45) is 3.94. The fraction of sp³-hybridized carbons (Fsp3) is 0.0500. The van der Waals surface area contributed by atoms with E-state index in [9.17, 15) is 0 Å². The van der Waals surface area contributed by atoms with Gasteiger partial charge in [-0.25, -0.2) is 9.67 Å². The number of benzene rings is 2. The third-order valence-corrected chi connectivity index (χ3v) is 5.68. The van der Waals surface area contributed by atoms with Crippen molar-refractivity contribution in [3.8, 4) is 22.6 Å². The zero-order valence-electron chi connectivity index (χ0n) is 14.5. The topological polar surface area (TPSA) is 48.0 Å². The Morgan fingerprint density at radius 2 is 1.64 bits per heavy atom. The summed E-state index contributed by atoms with van der Waals surface area (Å²) in [5, 5.41) is 12.1. The highest BCUT2D eigenvalue weighted by molar-refractivity contribution is 7.15. The maximum Gasteiger partial charge on any atom is 0.194 e. The predicted octanol–water partition coefficient (Wildman–Crippen LogP) is 5.68. The standard InChI is InChI=1S/C20H13Cl2N5S/c21-15-5-1-13(2-6-15)11-26-12-17(24-25-26)19-18(14-3-7-16(22)8-4-14)23-20-27(19)9-10-28-20/h1-10,12H,11H2. The number of fused-ring (bicyclic) bond motifs is 1. The summed E-state index contributed by atoms with van der Waals surface area (Å²) in [4.78, 5) is 5.71. The van der Waals surface area contributed by atoms with E-state index in [4.69, 9.17) is 28.2 Å². The van der Waals surface area contributed by atoms with Crippen molar-refractivity contribution in [2.24, 2.45) is 0 Å². The molecule has 5 aromatic rings. The molecule has 0 amide bonds. The molecule has 5 nitrogen and oxygen atoms in total. The minimum atomic E-state index is 0.617. The molecule has 0 bridgehead atoms. The molecular formula is C20H13Cl2N5S. The number of nitrogens with zero attached hydrogens (tertiary/aromatic N) is 5. The van der Waals surface area contributed by atoms with Crippen LogP contribution in [0.3, 0.4) is 0 Å². The van der Waals surface area contributed by atoms with Crippen LogP contribution in [-0.4, -0.2) is 24.4 Å². The van der Waals surface area contributed by atoms with Gasteiger partial charge in [-0.1, -0.05) is 52.7 Å². The lowest BCUT2D eigenvalue weighted by atomic mass is 10.1. The summed E-state index contributed by atoms with van der Waals surface area (Å²) in [6, 6.07) is 15.4. The molecule has 0 aliphatic rings. The van der Waals surface area contributed by atoms with Crippen molar-refractivity contribution in [2.75, 3.05) is 0 Å². The highest BCUT2D eigenvalue weighted by Gasteiger charge is 2.19. The zero-order chi connectivity index (χ0) is 19.1. The monoisotopic (exact) mass is 425 g/mol. The third kappa shape index (κ3) is 3.20. The summed E-state index contributed by atoms with van der Waals surface area (Å²) in [5.74, 6) is 0. The predicted molar refractivity (Wildman–Crippen MR) is 113 cm³/mol. The van der Waals surface area contributed by atoms with Crippen molar-refractivity contribution in [3.63, 3.8) is 0 Å². The van der Waals surface area contributed by atoms with Gasteiger partial charge < -0.3 is 0 Å². The molecule has 2 aromatic carbocycles. The molecule has 28 heavy (non-hydrogen) atoms. The average molecular weight is 426 g/mol. The van der Waals surface area contributed by atoms with Crippen LogP contribution in [0.15, 0.2) is 66.3 Å². The summed E-state index contributed by atoms with van der Waals surface area (Å²) in [7, 11) is 0. The SMILES string of the molecule is Clc1ccc(Cn2cc(-c3c(-c4ccc(Cl)cc4)nc4sccn34)nn2)cc1. The van der Waals surface area contributed by atoms with Gasteiger partial charge in [0.1, 0.15) is 11.4 Å². The molecule has 3 heterocycles. The fourth-order valence-electron chi connectivity index (χ4n) is 3.10. The van der Waals surface area contributed by atoms with Gasteiger partial charge >= 0.3 is 0 Å². The molecule has 5 rings (SSSR count). The quantitative estimate of drug-likeness (QED) is 0.372. The Balaban J connectivity index is 1.56. The van der Waals surface area contributed by atoms with Crippen LogP contribution in [0.4, 0.5) is 0 Å². The van der Waals surface area contributed by atoms with E-state index < -0.39 is 0 Å². The Labute approximate surface area is 174 Å². The van der Waals surface area contributed by atoms with Gasteiger partial charge in [-0.05, 0) is 29.8 Å². The second kappa shape index (κ2) is 7.05. The van der Waals surface area contributed by atoms with Gasteiger partial charge in [-0.15, -0.1) is 16.4 Å². The smallest absolute Gasteiger partial charge is 0.194 e. The number of imidazole rings is 1. The largest absolute Gasteiger partial charge is 0.288 e. The van der Waals surface area contributed by atoms with E-state index in [1.54, 1.807) is 11.3 Å². The highest BCUT2D eigenvalue weighted by atomic mass is 35.5. The second-order valence-electron chi connectivity index (χ2n) is 6.30. The van der Waals surface area contributed by atoms with E-state index in [1.807, 2.05) is 75.4 Å². The molecule has 0 saturated heterocycles. The second-order valence-corrected chi connectivity index (χ2v) is 8.05. The van der Waals surface area contributed by atoms with E-state index in [0.717, 1.165) is 38.2 Å². The van der Waals surface area contributed by atoms with Crippen LogP contribution in [-0.2, 0) is 6.54 Å². The number of hydrogen-bond acceptors (Lipinski definition) is 4. The van der Waals surface area contributed by atoms with E-state index >= 15 is 0 Å². The molecule has 0 atom stereocenters. The van der Waals surface area contributed by atoms with Crippen LogP contribution < -0.4 is 0 Å². The van der Waals surface area contributed by atoms with E-state index in [0.29, 0.717) is 11.6 Å². The molecule has 8 heteroatoms. The number of hydrogen-bond donors (Lipinski definition) is 0. The number of halogens is 2. The molecule has 0 saturated carbocycles. The Bertz CT molecular complexity index is 1250. The maximum absolute atomic E-state index is 6.05. The normalized spacial score (nSPS) is 11.4. The molecular weight excluding hydrogens is 413 g/mol. The van der Waals surface area contributed by atoms with E-state index in [2.05, 4.69) is 10.3 Å². The van der Waals surface area contributed by atoms with Crippen molar-refractivity contribution in [2.45, 2.75) is 6.54 Å². The summed E-state index contributed by atoms with van der Waals surface area (Å²) < 4.78 is 3.86. The van der Waals surface area contributed by atoms with Gasteiger partial charge in [-0.3, -0.25) is 4.40 Å². The molecule has 138 valence electrons. The van der Waals surface area contributed by atoms with Gasteiger partial charge in [0.15, 0.2) is 4.96 Å². The first-order valence-electron chi connectivity index (χ1n) is 8.54. The maximum atomic E-state index is 6.05. The van der Waals surface area contributed by atoms with Gasteiger partial charge in [-0.2, -0.15) is 0 Å². The number of rotatable bonds is 4. The lowest BCUT2D eigenvalue weighted by molar-refractivity contribution is 0.650. The first-order chi connectivity index (χ1) is 13.7. The van der Waals surface area contributed by atoms with Crippen LogP contribution in [0.5, 0.6) is 0 Å². The summed E-state index contributed by atoms with van der Waals surface area (Å²) in [5.41, 5.74) is 4.64. The lowest BCUT2D eigenvalue weighted by Crippen LogP contribution is -1.99. The van der Waals surface area contributed by atoms with Crippen LogP contribution >= 0.6 is 34.5 Å². The first kappa shape index (κ1) is 17.4. The summed E-state index contributed by atoms with van der Waals surface area (Å²) >= 11 is 13.6. The minimum absolute atomic E-state index is 0.617. The Morgan fingerprint density at radius 3 is 2.39 bits per heavy atom. The van der Waals surface area contributed by atoms with Gasteiger partial charge in [0.2, 0.25) is 0 Å². The summed E-state index contributed by atoms with van der Waals surface area (Å²) in [6.45, 7) is 0.617. The number of aromatic nitrogens is 5. The van der Waals surface area contributed by atoms with Gasteiger partial charge in [0.25, 0.3) is 0 Å². The van der Waals surface area contributed by atoms with E-state index in [1.165, 1.54) is 0 Å². The van der Waals surface area contributed by atoms with Crippen molar-refractivity contribution in [1.82, 2.24) is 24.4 Å². The fourth-order valence-corrected chi connectivity index (χ4v) is 4.07. The van der Waals surface area contributed by atoms with E-state index in [-0.39, 0.29) is 0 Å². The van der Waals surface area contributed by atoms with Crippen molar-refractivity contribution in [3.05, 3.63) is 81.9 Å². The number of thiazole rings is 1. The molecule has 0 aliphatic heterocycles. The molecule has 0 radical (unpaired) electrons. The van der Waals surface area contributed by atoms with Crippen molar-refractivity contribution < 1.29 is 0 Å². The molecule has 0 aliphatic carbocycles. The van der Waals surface area contributed by atoms with Crippen molar-refractivity contribution in [1.29, 1.82) is 0 Å². The molecule has 0 spiro atoms.